The zero-order valence-electron chi connectivity index (χ0n) is 10.3. The van der Waals surface area contributed by atoms with Crippen molar-refractivity contribution in [3.63, 3.8) is 0 Å². The maximum absolute atomic E-state index is 4.35. The van der Waals surface area contributed by atoms with Crippen LogP contribution in [0.5, 0.6) is 0 Å². The molecule has 1 saturated heterocycles. The highest BCUT2D eigenvalue weighted by Gasteiger charge is 2.21. The first-order valence-corrected chi connectivity index (χ1v) is 6.23. The minimum Gasteiger partial charge on any atom is -0.310 e. The number of nitrogens with zero attached hydrogens (tertiary/aromatic N) is 3. The van der Waals surface area contributed by atoms with E-state index in [9.17, 15) is 0 Å². The van der Waals surface area contributed by atoms with E-state index in [1.54, 1.807) is 0 Å². The van der Waals surface area contributed by atoms with E-state index in [0.29, 0.717) is 0 Å². The van der Waals surface area contributed by atoms with Gasteiger partial charge in [-0.25, -0.2) is 0 Å². The van der Waals surface area contributed by atoms with E-state index in [1.807, 2.05) is 17.9 Å². The van der Waals surface area contributed by atoms with Crippen molar-refractivity contribution in [2.45, 2.75) is 32.4 Å². The highest BCUT2D eigenvalue weighted by atomic mass is 15.3. The Morgan fingerprint density at radius 1 is 1.56 bits per heavy atom. The van der Waals surface area contributed by atoms with Crippen LogP contribution in [0.3, 0.4) is 0 Å². The van der Waals surface area contributed by atoms with Gasteiger partial charge in [0.15, 0.2) is 0 Å². The summed E-state index contributed by atoms with van der Waals surface area (Å²) in [5.41, 5.74) is 1.13. The predicted molar refractivity (Wildman–Crippen MR) is 65.2 cm³/mol. The lowest BCUT2D eigenvalue weighted by molar-refractivity contribution is 0.259. The molecule has 0 bridgehead atoms. The van der Waals surface area contributed by atoms with Crippen LogP contribution < -0.4 is 5.32 Å². The molecule has 0 radical (unpaired) electrons. The van der Waals surface area contributed by atoms with Crippen LogP contribution in [0.1, 0.15) is 25.5 Å². The van der Waals surface area contributed by atoms with Gasteiger partial charge in [0.25, 0.3) is 0 Å². The summed E-state index contributed by atoms with van der Waals surface area (Å²) < 4.78 is 1.85. The zero-order valence-corrected chi connectivity index (χ0v) is 10.3. The van der Waals surface area contributed by atoms with Crippen LogP contribution in [-0.2, 0) is 13.6 Å². The molecule has 2 rings (SSSR count). The normalized spacial score (nSPS) is 21.8. The molecule has 1 aliphatic rings. The Labute approximate surface area is 97.6 Å². The summed E-state index contributed by atoms with van der Waals surface area (Å²) >= 11 is 0. The molecule has 1 unspecified atom stereocenters. The molecule has 0 aromatic carbocycles. The predicted octanol–water partition coefficient (Wildman–Crippen LogP) is 0.994. The van der Waals surface area contributed by atoms with Gasteiger partial charge in [0, 0.05) is 32.4 Å². The Bertz CT molecular complexity index is 321. The molecule has 4 nitrogen and oxygen atoms in total. The molecule has 1 fully saturated rings. The van der Waals surface area contributed by atoms with Crippen molar-refractivity contribution in [3.05, 3.63) is 18.0 Å². The van der Waals surface area contributed by atoms with Crippen LogP contribution in [0.2, 0.25) is 0 Å². The van der Waals surface area contributed by atoms with Crippen LogP contribution in [0.25, 0.3) is 0 Å². The van der Waals surface area contributed by atoms with Gasteiger partial charge >= 0.3 is 0 Å². The third-order valence-corrected chi connectivity index (χ3v) is 3.36. The van der Waals surface area contributed by atoms with Crippen molar-refractivity contribution in [2.24, 2.45) is 7.05 Å². The molecule has 16 heavy (non-hydrogen) atoms. The quantitative estimate of drug-likeness (QED) is 0.806. The molecule has 1 aromatic heterocycles. The molecule has 0 aliphatic carbocycles. The van der Waals surface area contributed by atoms with Crippen LogP contribution in [0.15, 0.2) is 12.3 Å². The fraction of sp³-hybridized carbons (Fsp3) is 0.750. The Hall–Kier alpha value is -0.870. The molecule has 1 aliphatic heterocycles. The first-order valence-electron chi connectivity index (χ1n) is 6.23. The highest BCUT2D eigenvalue weighted by Crippen LogP contribution is 2.15. The van der Waals surface area contributed by atoms with Crippen LogP contribution in [0, 0.1) is 0 Å². The second kappa shape index (κ2) is 5.46. The largest absolute Gasteiger partial charge is 0.310 e. The SMILES string of the molecule is CCN1CCCC1CNCc1ccn(C)n1. The van der Waals surface area contributed by atoms with Crippen LogP contribution in [0.4, 0.5) is 0 Å². The first-order chi connectivity index (χ1) is 7.79. The number of likely N-dealkylation sites (tertiary alicyclic amines) is 1. The van der Waals surface area contributed by atoms with E-state index >= 15 is 0 Å². The van der Waals surface area contributed by atoms with Gasteiger partial charge in [0.2, 0.25) is 0 Å². The number of rotatable bonds is 5. The molecule has 0 spiro atoms. The van der Waals surface area contributed by atoms with Crippen LogP contribution >= 0.6 is 0 Å². The van der Waals surface area contributed by atoms with E-state index in [2.05, 4.69) is 28.3 Å². The Balaban J connectivity index is 1.71. The summed E-state index contributed by atoms with van der Waals surface area (Å²) in [5.74, 6) is 0. The highest BCUT2D eigenvalue weighted by molar-refractivity contribution is 4.98. The second-order valence-corrected chi connectivity index (χ2v) is 4.54. The van der Waals surface area contributed by atoms with Crippen molar-refractivity contribution in [2.75, 3.05) is 19.6 Å². The van der Waals surface area contributed by atoms with Crippen LogP contribution in [-0.4, -0.2) is 40.4 Å². The fourth-order valence-electron chi connectivity index (χ4n) is 2.47. The van der Waals surface area contributed by atoms with Gasteiger partial charge in [-0.15, -0.1) is 0 Å². The number of likely N-dealkylation sites (N-methyl/N-ethyl adjacent to an activating group) is 1. The summed E-state index contributed by atoms with van der Waals surface area (Å²) in [6, 6.07) is 2.80. The Morgan fingerprint density at radius 3 is 3.12 bits per heavy atom. The summed E-state index contributed by atoms with van der Waals surface area (Å²) in [5, 5.41) is 7.86. The maximum atomic E-state index is 4.35. The molecule has 1 atom stereocenters. The summed E-state index contributed by atoms with van der Waals surface area (Å²) in [7, 11) is 1.96. The van der Waals surface area contributed by atoms with Crippen molar-refractivity contribution in [1.82, 2.24) is 20.0 Å². The van der Waals surface area contributed by atoms with E-state index in [-0.39, 0.29) is 0 Å². The molecule has 0 amide bonds. The lowest BCUT2D eigenvalue weighted by atomic mass is 10.2. The Morgan fingerprint density at radius 2 is 2.44 bits per heavy atom. The second-order valence-electron chi connectivity index (χ2n) is 4.54. The number of aromatic nitrogens is 2. The standard InChI is InChI=1S/C12H22N4/c1-3-16-7-4-5-12(16)10-13-9-11-6-8-15(2)14-11/h6,8,12-13H,3-5,7,9-10H2,1-2H3. The number of aryl methyl sites for hydroxylation is 1. The maximum Gasteiger partial charge on any atom is 0.0762 e. The third kappa shape index (κ3) is 2.83. The van der Waals surface area contributed by atoms with E-state index in [0.717, 1.165) is 24.8 Å². The van der Waals surface area contributed by atoms with Gasteiger partial charge in [-0.3, -0.25) is 9.58 Å². The van der Waals surface area contributed by atoms with Gasteiger partial charge in [-0.1, -0.05) is 6.92 Å². The van der Waals surface area contributed by atoms with Gasteiger partial charge in [-0.05, 0) is 32.0 Å². The zero-order chi connectivity index (χ0) is 11.4. The summed E-state index contributed by atoms with van der Waals surface area (Å²) in [6.45, 7) is 6.67. The van der Waals surface area contributed by atoms with Crippen molar-refractivity contribution < 1.29 is 0 Å². The van der Waals surface area contributed by atoms with E-state index < -0.39 is 0 Å². The molecule has 1 N–H and O–H groups in total. The van der Waals surface area contributed by atoms with Gasteiger partial charge < -0.3 is 5.32 Å². The first kappa shape index (κ1) is 11.6. The molecule has 0 saturated carbocycles. The minimum absolute atomic E-state index is 0.730. The third-order valence-electron chi connectivity index (χ3n) is 3.36. The van der Waals surface area contributed by atoms with Gasteiger partial charge in [-0.2, -0.15) is 5.10 Å². The molecular weight excluding hydrogens is 200 g/mol. The van der Waals surface area contributed by atoms with E-state index in [1.165, 1.54) is 25.9 Å². The molecule has 2 heterocycles. The number of hydrogen-bond acceptors (Lipinski definition) is 3. The monoisotopic (exact) mass is 222 g/mol. The molecular formula is C12H22N4. The summed E-state index contributed by atoms with van der Waals surface area (Å²) in [4.78, 5) is 2.56. The molecule has 4 heteroatoms. The van der Waals surface area contributed by atoms with Crippen molar-refractivity contribution >= 4 is 0 Å². The fourth-order valence-corrected chi connectivity index (χ4v) is 2.47. The van der Waals surface area contributed by atoms with Gasteiger partial charge in [0.1, 0.15) is 0 Å². The lowest BCUT2D eigenvalue weighted by Gasteiger charge is -2.22. The topological polar surface area (TPSA) is 33.1 Å². The lowest BCUT2D eigenvalue weighted by Crippen LogP contribution is -2.37. The van der Waals surface area contributed by atoms with Crippen molar-refractivity contribution in [3.8, 4) is 0 Å². The smallest absolute Gasteiger partial charge is 0.0762 e. The minimum atomic E-state index is 0.730. The summed E-state index contributed by atoms with van der Waals surface area (Å²) in [6.07, 6.45) is 4.68. The average Bonchev–Trinajstić information content (AvgIpc) is 2.87. The molecule has 90 valence electrons. The van der Waals surface area contributed by atoms with E-state index in [4.69, 9.17) is 0 Å². The molecule has 1 aromatic rings. The van der Waals surface area contributed by atoms with Gasteiger partial charge in [0.05, 0.1) is 5.69 Å². The average molecular weight is 222 g/mol. The van der Waals surface area contributed by atoms with Crippen molar-refractivity contribution in [1.29, 1.82) is 0 Å². The number of nitrogens with one attached hydrogen (secondary N) is 1. The number of hydrogen-bond donors (Lipinski definition) is 1. The Kier molecular flexibility index (Phi) is 3.96.